The number of rotatable bonds is 44. The summed E-state index contributed by atoms with van der Waals surface area (Å²) < 4.78 is 34.5. The average molecular weight is 898 g/mol. The molecule has 0 rings (SSSR count). The van der Waals surface area contributed by atoms with Crippen LogP contribution in [-0.2, 0) is 27.9 Å². The first-order valence-electron chi connectivity index (χ1n) is 24.6. The van der Waals surface area contributed by atoms with Gasteiger partial charge in [0.1, 0.15) is 19.3 Å². The maximum atomic E-state index is 12.7. The van der Waals surface area contributed by atoms with E-state index in [0.29, 0.717) is 24.1 Å². The van der Waals surface area contributed by atoms with Crippen molar-refractivity contribution >= 4 is 13.8 Å². The lowest BCUT2D eigenvalue weighted by Gasteiger charge is -2.28. The number of quaternary nitrogens is 1. The molecule has 0 N–H and O–H groups in total. The van der Waals surface area contributed by atoms with Crippen molar-refractivity contribution in [2.75, 3.05) is 54.1 Å². The Morgan fingerprint density at radius 2 is 0.873 bits per heavy atom. The molecule has 0 heterocycles. The molecule has 0 aromatic carbocycles. The minimum atomic E-state index is -4.56. The zero-order valence-electron chi connectivity index (χ0n) is 40.7. The molecule has 0 fully saturated rings. The minimum absolute atomic E-state index is 0.00664. The van der Waals surface area contributed by atoms with Gasteiger partial charge in [0.05, 0.1) is 41.0 Å². The number of unbranched alkanes of at least 4 members (excludes halogenated alkanes) is 12. The van der Waals surface area contributed by atoms with Gasteiger partial charge in [0.2, 0.25) is 0 Å². The van der Waals surface area contributed by atoms with Crippen LogP contribution in [-0.4, -0.2) is 70.7 Å². The molecule has 0 saturated carbocycles. The second-order valence-electron chi connectivity index (χ2n) is 17.1. The van der Waals surface area contributed by atoms with E-state index in [1.54, 1.807) is 0 Å². The molecule has 0 bridgehead atoms. The molecule has 8 nitrogen and oxygen atoms in total. The maximum Gasteiger partial charge on any atom is 0.306 e. The molecule has 63 heavy (non-hydrogen) atoms. The number of phosphoric ester groups is 1. The van der Waals surface area contributed by atoms with Crippen molar-refractivity contribution in [3.8, 4) is 0 Å². The summed E-state index contributed by atoms with van der Waals surface area (Å²) in [7, 11) is 1.29. The predicted octanol–water partition coefficient (Wildman–Crippen LogP) is 14.5. The van der Waals surface area contributed by atoms with Gasteiger partial charge in [-0.2, -0.15) is 0 Å². The molecule has 0 saturated heterocycles. The highest BCUT2D eigenvalue weighted by molar-refractivity contribution is 7.45. The zero-order chi connectivity index (χ0) is 46.2. The van der Waals surface area contributed by atoms with E-state index in [-0.39, 0.29) is 32.2 Å². The van der Waals surface area contributed by atoms with E-state index < -0.39 is 13.9 Å². The van der Waals surface area contributed by atoms with E-state index in [9.17, 15) is 14.3 Å². The molecule has 0 aliphatic heterocycles. The lowest BCUT2D eigenvalue weighted by molar-refractivity contribution is -0.870. The van der Waals surface area contributed by atoms with E-state index in [4.69, 9.17) is 18.5 Å². The fourth-order valence-electron chi connectivity index (χ4n) is 6.13. The SMILES string of the molecule is CC/C=C\C/C=C\C/C=C\C/C=C\C/C=C\CCOCC(COP(=O)([O-])OCC[N+](C)(C)C)OC(=O)CCCCCCCCCCCCCC/C=C\C/C=C\C/C=C\C/C=C\CC. The van der Waals surface area contributed by atoms with E-state index in [1.165, 1.54) is 64.2 Å². The Balaban J connectivity index is 4.23. The first kappa shape index (κ1) is 60.2. The fraction of sp³-hybridized carbons (Fsp3) is 0.648. The number of nitrogens with zero attached hydrogens (tertiary/aromatic N) is 1. The zero-order valence-corrected chi connectivity index (χ0v) is 41.6. The van der Waals surface area contributed by atoms with Crippen molar-refractivity contribution in [2.24, 2.45) is 0 Å². The van der Waals surface area contributed by atoms with Crippen molar-refractivity contribution < 1.29 is 37.3 Å². The standard InChI is InChI=1S/C54H92NO7P/c1-6-8-10-12-14-16-18-20-22-24-25-26-27-28-29-30-31-32-33-35-37-39-41-43-45-47-54(56)62-53(52-61-63(57,58)60-50-48-55(3,4)5)51-59-49-46-44-42-40-38-36-34-23-21-19-17-15-13-11-9-7-2/h8-11,14-17,20-23,25-26,36,38,42,44,53H,6-7,12-13,18-19,24,27-35,37,39-41,43,45-52H2,1-5H3/b10-8-,11-9-,16-14-,17-15-,22-20-,23-21-,26-25-,38-36-,44-42-. The van der Waals surface area contributed by atoms with Gasteiger partial charge in [-0.1, -0.05) is 187 Å². The van der Waals surface area contributed by atoms with Crippen LogP contribution in [0.5, 0.6) is 0 Å². The van der Waals surface area contributed by atoms with Crippen LogP contribution < -0.4 is 4.89 Å². The van der Waals surface area contributed by atoms with E-state index >= 15 is 0 Å². The van der Waals surface area contributed by atoms with Gasteiger partial charge in [0.25, 0.3) is 7.82 Å². The van der Waals surface area contributed by atoms with Gasteiger partial charge in [-0.05, 0) is 83.5 Å². The highest BCUT2D eigenvalue weighted by Crippen LogP contribution is 2.38. The van der Waals surface area contributed by atoms with Crippen molar-refractivity contribution in [1.82, 2.24) is 0 Å². The Labute approximate surface area is 387 Å². The summed E-state index contributed by atoms with van der Waals surface area (Å²) in [5.41, 5.74) is 0. The molecule has 0 amide bonds. The largest absolute Gasteiger partial charge is 0.756 e. The topological polar surface area (TPSA) is 94.1 Å². The van der Waals surface area contributed by atoms with Gasteiger partial charge < -0.3 is 27.9 Å². The molecular formula is C54H92NO7P. The third kappa shape index (κ3) is 50.0. The number of carbonyl (C=O) groups is 1. The van der Waals surface area contributed by atoms with Gasteiger partial charge in [-0.3, -0.25) is 9.36 Å². The Bertz CT molecular complexity index is 1370. The van der Waals surface area contributed by atoms with E-state index in [2.05, 4.69) is 123 Å². The van der Waals surface area contributed by atoms with Crippen LogP contribution in [0.3, 0.4) is 0 Å². The Hall–Kier alpha value is -2.84. The predicted molar refractivity (Wildman–Crippen MR) is 268 cm³/mol. The summed E-state index contributed by atoms with van der Waals surface area (Å²) in [6.07, 6.45) is 64.3. The van der Waals surface area contributed by atoms with Crippen LogP contribution in [0.4, 0.5) is 0 Å². The number of hydrogen-bond donors (Lipinski definition) is 0. The van der Waals surface area contributed by atoms with Crippen LogP contribution >= 0.6 is 7.82 Å². The molecule has 0 spiro atoms. The van der Waals surface area contributed by atoms with Gasteiger partial charge in [0, 0.05) is 6.42 Å². The number of allylic oxidation sites excluding steroid dienone is 17. The number of ether oxygens (including phenoxy) is 2. The summed E-state index contributed by atoms with van der Waals surface area (Å²) >= 11 is 0. The maximum absolute atomic E-state index is 12.7. The van der Waals surface area contributed by atoms with Gasteiger partial charge in [-0.25, -0.2) is 0 Å². The second-order valence-corrected chi connectivity index (χ2v) is 18.5. The number of hydrogen-bond acceptors (Lipinski definition) is 7. The first-order valence-corrected chi connectivity index (χ1v) is 26.1. The molecule has 0 aliphatic rings. The Morgan fingerprint density at radius 3 is 1.30 bits per heavy atom. The van der Waals surface area contributed by atoms with Crippen LogP contribution in [0.1, 0.15) is 168 Å². The fourth-order valence-corrected chi connectivity index (χ4v) is 6.86. The van der Waals surface area contributed by atoms with Crippen molar-refractivity contribution in [1.29, 1.82) is 0 Å². The average Bonchev–Trinajstić information content (AvgIpc) is 3.24. The van der Waals surface area contributed by atoms with E-state index in [1.807, 2.05) is 21.1 Å². The first-order chi connectivity index (χ1) is 30.6. The highest BCUT2D eigenvalue weighted by Gasteiger charge is 2.20. The van der Waals surface area contributed by atoms with Gasteiger partial charge in [-0.15, -0.1) is 0 Å². The van der Waals surface area contributed by atoms with Crippen LogP contribution in [0.15, 0.2) is 109 Å². The van der Waals surface area contributed by atoms with Gasteiger partial charge >= 0.3 is 5.97 Å². The van der Waals surface area contributed by atoms with E-state index in [0.717, 1.165) is 77.0 Å². The third-order valence-electron chi connectivity index (χ3n) is 9.84. The third-order valence-corrected chi connectivity index (χ3v) is 10.8. The molecule has 0 aromatic rings. The summed E-state index contributed by atoms with van der Waals surface area (Å²) in [5.74, 6) is -0.366. The molecule has 360 valence electrons. The monoisotopic (exact) mass is 898 g/mol. The van der Waals surface area contributed by atoms with Crippen molar-refractivity contribution in [2.45, 2.75) is 174 Å². The molecule has 0 aliphatic carbocycles. The van der Waals surface area contributed by atoms with Crippen LogP contribution in [0.2, 0.25) is 0 Å². The number of carbonyl (C=O) groups excluding carboxylic acids is 1. The van der Waals surface area contributed by atoms with Crippen molar-refractivity contribution in [3.63, 3.8) is 0 Å². The summed E-state index contributed by atoms with van der Waals surface area (Å²) in [4.78, 5) is 25.1. The normalized spacial score (nSPS) is 14.6. The highest BCUT2D eigenvalue weighted by atomic mass is 31.2. The minimum Gasteiger partial charge on any atom is -0.756 e. The number of phosphoric acid groups is 1. The Kier molecular flexibility index (Phi) is 43.7. The summed E-state index contributed by atoms with van der Waals surface area (Å²) in [5, 5.41) is 0. The van der Waals surface area contributed by atoms with Crippen LogP contribution in [0, 0.1) is 0 Å². The summed E-state index contributed by atoms with van der Waals surface area (Å²) in [6, 6.07) is 0. The second kappa shape index (κ2) is 45.7. The molecule has 0 aromatic heterocycles. The number of esters is 1. The summed E-state index contributed by atoms with van der Waals surface area (Å²) in [6.45, 7) is 4.93. The molecule has 2 unspecified atom stereocenters. The molecule has 0 radical (unpaired) electrons. The van der Waals surface area contributed by atoms with Gasteiger partial charge in [0.15, 0.2) is 0 Å². The lowest BCUT2D eigenvalue weighted by Crippen LogP contribution is -2.37. The van der Waals surface area contributed by atoms with Crippen LogP contribution in [0.25, 0.3) is 0 Å². The smallest absolute Gasteiger partial charge is 0.306 e. The molecule has 2 atom stereocenters. The molecule has 9 heteroatoms. The lowest BCUT2D eigenvalue weighted by atomic mass is 10.0. The quantitative estimate of drug-likeness (QED) is 0.0198. The Morgan fingerprint density at radius 1 is 0.492 bits per heavy atom. The van der Waals surface area contributed by atoms with Crippen molar-refractivity contribution in [3.05, 3.63) is 109 Å². The molecular weight excluding hydrogens is 806 g/mol. The number of likely N-dealkylation sites (N-methyl/N-ethyl adjacent to an activating group) is 1.